The summed E-state index contributed by atoms with van der Waals surface area (Å²) in [5, 5.41) is 14.8. The van der Waals surface area contributed by atoms with Gasteiger partial charge in [0.2, 0.25) is 0 Å². The van der Waals surface area contributed by atoms with Crippen molar-refractivity contribution >= 4 is 101 Å². The van der Waals surface area contributed by atoms with E-state index in [2.05, 4.69) is 0 Å². The van der Waals surface area contributed by atoms with Crippen molar-refractivity contribution in [2.45, 2.75) is 13.8 Å². The molecular formula is C4H11CaKO4. The van der Waals surface area contributed by atoms with Crippen LogP contribution in [-0.2, 0) is 9.59 Å². The van der Waals surface area contributed by atoms with Gasteiger partial charge in [0.25, 0.3) is 11.9 Å². The topological polar surface area (TPSA) is 74.6 Å². The minimum atomic E-state index is -0.833. The number of carboxylic acid groups (broad SMARTS) is 2. The Balaban J connectivity index is -0.0000000300. The summed E-state index contributed by atoms with van der Waals surface area (Å²) in [6.45, 7) is 2.17. The van der Waals surface area contributed by atoms with Crippen molar-refractivity contribution in [3.05, 3.63) is 0 Å². The number of carbonyl (C=O) groups is 2. The Bertz CT molecular complexity index is 75.3. The van der Waals surface area contributed by atoms with Crippen LogP contribution in [0.5, 0.6) is 0 Å². The summed E-state index contributed by atoms with van der Waals surface area (Å²) in [6, 6.07) is 0. The fourth-order valence-corrected chi connectivity index (χ4v) is 0. The van der Waals surface area contributed by atoms with E-state index in [4.69, 9.17) is 19.8 Å². The predicted octanol–water partition coefficient (Wildman–Crippen LogP) is -1.38. The molecule has 0 bridgehead atoms. The first-order chi connectivity index (χ1) is 3.46. The van der Waals surface area contributed by atoms with Crippen molar-refractivity contribution in [1.29, 1.82) is 0 Å². The van der Waals surface area contributed by atoms with Crippen LogP contribution in [-0.4, -0.2) is 111 Å². The SMILES string of the molecule is CC(=O)O.CC(=O)O.[CaH2].[KH]. The monoisotopic (exact) mass is 202 g/mol. The molecule has 6 heteroatoms. The second-order valence-electron chi connectivity index (χ2n) is 1.04. The van der Waals surface area contributed by atoms with Crippen LogP contribution in [0.25, 0.3) is 0 Å². The van der Waals surface area contributed by atoms with Gasteiger partial charge >= 0.3 is 89.1 Å². The van der Waals surface area contributed by atoms with E-state index in [1.165, 1.54) is 0 Å². The molecule has 0 aliphatic rings. The molecule has 0 spiro atoms. The number of hydrogen-bond acceptors (Lipinski definition) is 2. The van der Waals surface area contributed by atoms with Gasteiger partial charge in [-0.1, -0.05) is 0 Å². The molecule has 0 atom stereocenters. The standard InChI is InChI=1S/2C2H4O2.Ca.K.3H/c2*1-2(3)4;;;;;/h2*1H3,(H,3,4);;;;;. The van der Waals surface area contributed by atoms with Crippen LogP contribution in [0.1, 0.15) is 13.8 Å². The normalized spacial score (nSPS) is 5.00. The van der Waals surface area contributed by atoms with Gasteiger partial charge in [-0.05, 0) is 0 Å². The van der Waals surface area contributed by atoms with Gasteiger partial charge in [0.05, 0.1) is 0 Å². The molecular weight excluding hydrogens is 191 g/mol. The zero-order valence-corrected chi connectivity index (χ0v) is 4.71. The second kappa shape index (κ2) is 17.1. The van der Waals surface area contributed by atoms with Crippen LogP contribution in [0.2, 0.25) is 0 Å². The average Bonchev–Trinajstić information content (AvgIpc) is 1.25. The molecule has 0 fully saturated rings. The Morgan fingerprint density at radius 3 is 1.00 bits per heavy atom. The first kappa shape index (κ1) is 22.6. The predicted molar refractivity (Wildman–Crippen MR) is 42.3 cm³/mol. The fourth-order valence-electron chi connectivity index (χ4n) is 0. The first-order valence-electron chi connectivity index (χ1n) is 1.86. The van der Waals surface area contributed by atoms with E-state index in [-0.39, 0.29) is 89.1 Å². The fraction of sp³-hybridized carbons (Fsp3) is 0.500. The minimum absolute atomic E-state index is 0. The number of carboxylic acids is 2. The van der Waals surface area contributed by atoms with Crippen LogP contribution in [0.3, 0.4) is 0 Å². The van der Waals surface area contributed by atoms with Crippen molar-refractivity contribution in [3.63, 3.8) is 0 Å². The number of hydrogen-bond donors (Lipinski definition) is 2. The third kappa shape index (κ3) is 228. The molecule has 0 rings (SSSR count). The molecule has 0 radical (unpaired) electrons. The maximum absolute atomic E-state index is 9.00. The molecule has 0 heterocycles. The molecule has 0 saturated heterocycles. The van der Waals surface area contributed by atoms with Crippen molar-refractivity contribution in [3.8, 4) is 0 Å². The Hall–Kier alpha value is 1.84. The van der Waals surface area contributed by atoms with Crippen molar-refractivity contribution in [2.75, 3.05) is 0 Å². The van der Waals surface area contributed by atoms with Gasteiger partial charge in [-0.15, -0.1) is 0 Å². The van der Waals surface area contributed by atoms with Crippen LogP contribution < -0.4 is 0 Å². The Morgan fingerprint density at radius 2 is 1.00 bits per heavy atom. The Labute approximate surface area is 132 Å². The molecule has 54 valence electrons. The quantitative estimate of drug-likeness (QED) is 0.475. The summed E-state index contributed by atoms with van der Waals surface area (Å²) in [7, 11) is 0. The van der Waals surface area contributed by atoms with Crippen molar-refractivity contribution < 1.29 is 19.8 Å². The van der Waals surface area contributed by atoms with Gasteiger partial charge < -0.3 is 10.2 Å². The van der Waals surface area contributed by atoms with Crippen LogP contribution in [0.15, 0.2) is 0 Å². The third-order valence-corrected chi connectivity index (χ3v) is 0. The van der Waals surface area contributed by atoms with Crippen LogP contribution >= 0.6 is 0 Å². The maximum atomic E-state index is 9.00. The summed E-state index contributed by atoms with van der Waals surface area (Å²) in [6.07, 6.45) is 0. The van der Waals surface area contributed by atoms with Crippen molar-refractivity contribution in [1.82, 2.24) is 0 Å². The second-order valence-corrected chi connectivity index (χ2v) is 1.04. The van der Waals surface area contributed by atoms with E-state index < -0.39 is 11.9 Å². The zero-order chi connectivity index (χ0) is 7.15. The molecule has 0 unspecified atom stereocenters. The molecule has 0 aliphatic carbocycles. The van der Waals surface area contributed by atoms with E-state index in [0.29, 0.717) is 0 Å². The van der Waals surface area contributed by atoms with E-state index in [1.807, 2.05) is 0 Å². The van der Waals surface area contributed by atoms with Crippen LogP contribution in [0, 0.1) is 0 Å². The van der Waals surface area contributed by atoms with E-state index >= 15 is 0 Å². The molecule has 0 amide bonds. The molecule has 10 heavy (non-hydrogen) atoms. The van der Waals surface area contributed by atoms with E-state index in [0.717, 1.165) is 13.8 Å². The molecule has 0 aromatic rings. The molecule has 2 N–H and O–H groups in total. The van der Waals surface area contributed by atoms with Gasteiger partial charge in [0.15, 0.2) is 0 Å². The summed E-state index contributed by atoms with van der Waals surface area (Å²) >= 11 is 0. The molecule has 0 aromatic carbocycles. The van der Waals surface area contributed by atoms with Gasteiger partial charge in [0, 0.05) is 13.8 Å². The Morgan fingerprint density at radius 1 is 1.00 bits per heavy atom. The van der Waals surface area contributed by atoms with Gasteiger partial charge in [0.1, 0.15) is 0 Å². The summed E-state index contributed by atoms with van der Waals surface area (Å²) < 4.78 is 0. The zero-order valence-electron chi connectivity index (χ0n) is 4.71. The molecule has 0 saturated carbocycles. The number of aliphatic carboxylic acids is 2. The van der Waals surface area contributed by atoms with E-state index in [1.54, 1.807) is 0 Å². The van der Waals surface area contributed by atoms with Gasteiger partial charge in [-0.25, -0.2) is 0 Å². The average molecular weight is 202 g/mol. The third-order valence-electron chi connectivity index (χ3n) is 0. The van der Waals surface area contributed by atoms with Gasteiger partial charge in [-0.2, -0.15) is 0 Å². The van der Waals surface area contributed by atoms with Crippen LogP contribution in [0.4, 0.5) is 0 Å². The van der Waals surface area contributed by atoms with Gasteiger partial charge in [-0.3, -0.25) is 9.59 Å². The summed E-state index contributed by atoms with van der Waals surface area (Å²) in [5.41, 5.74) is 0. The molecule has 0 aliphatic heterocycles. The number of rotatable bonds is 0. The van der Waals surface area contributed by atoms with E-state index in [9.17, 15) is 0 Å². The summed E-state index contributed by atoms with van der Waals surface area (Å²) in [4.78, 5) is 18.0. The summed E-state index contributed by atoms with van der Waals surface area (Å²) in [5.74, 6) is -1.67. The molecule has 4 nitrogen and oxygen atoms in total. The molecule has 0 aromatic heterocycles. The Kier molecular flexibility index (Phi) is 38.6. The van der Waals surface area contributed by atoms with Crippen molar-refractivity contribution in [2.24, 2.45) is 0 Å². The first-order valence-corrected chi connectivity index (χ1v) is 1.86.